The van der Waals surface area contributed by atoms with Crippen molar-refractivity contribution in [2.24, 2.45) is 46.8 Å². The zero-order chi connectivity index (χ0) is 28.8. The molecule has 0 bridgehead atoms. The third-order valence-corrected chi connectivity index (χ3v) is 12.6. The molecule has 0 radical (unpaired) electrons. The third kappa shape index (κ3) is 2.77. The lowest BCUT2D eigenvalue weighted by atomic mass is 8.96. The fraction of sp³-hybridized carbons (Fsp3) is 0.438. The topological polar surface area (TPSA) is 96.3 Å². The van der Waals surface area contributed by atoms with Gasteiger partial charge in [-0.2, -0.15) is 0 Å². The summed E-state index contributed by atoms with van der Waals surface area (Å²) in [6.45, 7) is 2.99. The lowest BCUT2D eigenvalue weighted by molar-refractivity contribution is -0.610. The van der Waals surface area contributed by atoms with Crippen molar-refractivity contribution in [3.63, 3.8) is 0 Å². The summed E-state index contributed by atoms with van der Waals surface area (Å²) >= 11 is 12.3. The smallest absolute Gasteiger partial charge is 0.263 e. The van der Waals surface area contributed by atoms with E-state index in [1.807, 2.05) is 6.92 Å². The molecular formula is C32H29Cl2N5O3. The van der Waals surface area contributed by atoms with Crippen LogP contribution in [0.5, 0.6) is 0 Å². The highest BCUT2D eigenvalue weighted by atomic mass is 35.5. The van der Waals surface area contributed by atoms with Crippen LogP contribution in [0.4, 0.5) is 5.95 Å². The Kier molecular flexibility index (Phi) is 4.90. The summed E-state index contributed by atoms with van der Waals surface area (Å²) in [6, 6.07) is 11.7. The molecule has 0 saturated heterocycles. The summed E-state index contributed by atoms with van der Waals surface area (Å²) in [5, 5.41) is 6.98. The molecule has 10 heteroatoms. The Morgan fingerprint density at radius 3 is 2.29 bits per heavy atom. The number of fused-ring (bicyclic) bond motifs is 1. The molecule has 6 saturated carbocycles. The molecule has 8 nitrogen and oxygen atoms in total. The highest BCUT2D eigenvalue weighted by Gasteiger charge is 3.03. The number of nitrogens with one attached hydrogen (secondary N) is 2. The summed E-state index contributed by atoms with van der Waals surface area (Å²) in [6.07, 6.45) is 0.382. The predicted molar refractivity (Wildman–Crippen MR) is 158 cm³/mol. The Labute approximate surface area is 252 Å². The number of carbonyl (C=O) groups is 2. The first-order chi connectivity index (χ1) is 20.3. The van der Waals surface area contributed by atoms with E-state index in [0.717, 1.165) is 48.0 Å². The van der Waals surface area contributed by atoms with Crippen LogP contribution in [0.2, 0.25) is 10.0 Å². The summed E-state index contributed by atoms with van der Waals surface area (Å²) in [5.74, 6) is 6.64. The van der Waals surface area contributed by atoms with Crippen LogP contribution in [-0.4, -0.2) is 45.9 Å². The van der Waals surface area contributed by atoms with Crippen LogP contribution in [-0.2, 0) is 13.0 Å². The molecule has 0 unspecified atom stereocenters. The van der Waals surface area contributed by atoms with E-state index in [-0.39, 0.29) is 30.0 Å². The molecule has 1 atom stereocenters. The number of amides is 2. The van der Waals surface area contributed by atoms with Gasteiger partial charge >= 0.3 is 0 Å². The number of rotatable bonds is 6. The molecule has 3 aromatic rings. The van der Waals surface area contributed by atoms with E-state index in [0.29, 0.717) is 55.9 Å². The Hall–Kier alpha value is -3.36. The molecule has 6 fully saturated rings. The SMILES string of the molecule is CNC(=O)c1ccc(-n2c(NCC34C5C6C7C5C3C7C64)nc3c(c2=O)C[C@@H](C)N(C(=O)c2ccc(Cl)c(Cl)c2)C3)cc1. The van der Waals surface area contributed by atoms with Gasteiger partial charge in [-0.1, -0.05) is 23.2 Å². The molecule has 1 aromatic heterocycles. The number of aromatic nitrogens is 2. The molecule has 42 heavy (non-hydrogen) atoms. The van der Waals surface area contributed by atoms with Crippen LogP contribution in [0, 0.1) is 46.8 Å². The van der Waals surface area contributed by atoms with Crippen molar-refractivity contribution in [3.8, 4) is 5.69 Å². The molecule has 0 spiro atoms. The highest BCUT2D eigenvalue weighted by molar-refractivity contribution is 6.42. The van der Waals surface area contributed by atoms with Gasteiger partial charge in [0, 0.05) is 36.3 Å². The van der Waals surface area contributed by atoms with Crippen LogP contribution in [0.15, 0.2) is 47.3 Å². The van der Waals surface area contributed by atoms with E-state index in [9.17, 15) is 14.4 Å². The quantitative estimate of drug-likeness (QED) is 0.440. The van der Waals surface area contributed by atoms with Gasteiger partial charge in [-0.15, -0.1) is 0 Å². The van der Waals surface area contributed by atoms with E-state index in [1.165, 1.54) is 0 Å². The van der Waals surface area contributed by atoms with Crippen molar-refractivity contribution in [1.29, 1.82) is 0 Å². The maximum atomic E-state index is 14.2. The van der Waals surface area contributed by atoms with Crippen molar-refractivity contribution in [1.82, 2.24) is 19.8 Å². The van der Waals surface area contributed by atoms with E-state index in [2.05, 4.69) is 10.6 Å². The fourth-order valence-electron chi connectivity index (χ4n) is 10.2. The minimum atomic E-state index is -0.219. The molecule has 7 aliphatic rings. The van der Waals surface area contributed by atoms with Gasteiger partial charge in [-0.05, 0) is 103 Å². The minimum absolute atomic E-state index is 0.141. The van der Waals surface area contributed by atoms with Crippen molar-refractivity contribution in [3.05, 3.63) is 85.2 Å². The molecule has 2 heterocycles. The molecule has 2 N–H and O–H groups in total. The van der Waals surface area contributed by atoms with Gasteiger partial charge in [0.1, 0.15) is 0 Å². The number of nitrogens with zero attached hydrogens (tertiary/aromatic N) is 3. The normalized spacial score (nSPS) is 34.9. The lowest BCUT2D eigenvalue weighted by Gasteiger charge is -3.08. The third-order valence-electron chi connectivity index (χ3n) is 11.9. The van der Waals surface area contributed by atoms with Crippen molar-refractivity contribution in [2.75, 3.05) is 18.9 Å². The second kappa shape index (κ2) is 8.17. The second-order valence-corrected chi connectivity index (χ2v) is 13.9. The molecular weight excluding hydrogens is 573 g/mol. The Balaban J connectivity index is 1.07. The lowest BCUT2D eigenvalue weighted by Crippen LogP contribution is -3.06. The van der Waals surface area contributed by atoms with Crippen LogP contribution in [0.3, 0.4) is 0 Å². The number of benzene rings is 2. The number of hydrogen-bond donors (Lipinski definition) is 2. The zero-order valence-electron chi connectivity index (χ0n) is 23.1. The maximum Gasteiger partial charge on any atom is 0.263 e. The minimum Gasteiger partial charge on any atom is -0.355 e. The largest absolute Gasteiger partial charge is 0.355 e. The van der Waals surface area contributed by atoms with E-state index >= 15 is 0 Å². The van der Waals surface area contributed by atoms with Crippen molar-refractivity contribution in [2.45, 2.75) is 25.9 Å². The van der Waals surface area contributed by atoms with Crippen molar-refractivity contribution < 1.29 is 9.59 Å². The van der Waals surface area contributed by atoms with Gasteiger partial charge in [0.15, 0.2) is 0 Å². The van der Waals surface area contributed by atoms with E-state index in [1.54, 1.807) is 59.0 Å². The number of carbonyl (C=O) groups excluding carboxylic acids is 2. The van der Waals surface area contributed by atoms with Gasteiger partial charge in [0.25, 0.3) is 17.4 Å². The summed E-state index contributed by atoms with van der Waals surface area (Å²) in [7, 11) is 1.59. The van der Waals surface area contributed by atoms with Crippen molar-refractivity contribution >= 4 is 41.0 Å². The second-order valence-electron chi connectivity index (χ2n) is 13.1. The summed E-state index contributed by atoms with van der Waals surface area (Å²) in [4.78, 5) is 46.7. The highest BCUT2D eigenvalue weighted by Crippen LogP contribution is 3.05. The predicted octanol–water partition coefficient (Wildman–Crippen LogP) is 4.27. The van der Waals surface area contributed by atoms with E-state index in [4.69, 9.17) is 28.2 Å². The van der Waals surface area contributed by atoms with Gasteiger partial charge in [-0.25, -0.2) is 9.55 Å². The summed E-state index contributed by atoms with van der Waals surface area (Å²) in [5.41, 5.74) is 3.09. The van der Waals surface area contributed by atoms with Crippen LogP contribution >= 0.6 is 23.2 Å². The Morgan fingerprint density at radius 2 is 1.64 bits per heavy atom. The molecule has 214 valence electrons. The standard InChI is InChI=1S/C32H29Cl2N5O3/c1-13-9-17-20(11-38(13)29(41)15-5-8-18(33)19(34)10-15)37-31(36-12-32-25-22-21-23(25)27(32)24(21)26(22)32)39(30(17)42)16-6-3-14(4-7-16)28(40)35-2/h3-8,10,13,21-27H,9,11-12H2,1-2H3,(H,35,40)(H,36,37)/t13-,21?,22?,23?,24?,25?,26?,27?,32?/m1/s1. The number of anilines is 1. The summed E-state index contributed by atoms with van der Waals surface area (Å²) < 4.78 is 1.65. The van der Waals surface area contributed by atoms with Crippen LogP contribution in [0.25, 0.3) is 5.69 Å². The van der Waals surface area contributed by atoms with Gasteiger partial charge in [0.05, 0.1) is 28.0 Å². The van der Waals surface area contributed by atoms with Gasteiger partial charge in [0.2, 0.25) is 5.95 Å². The average molecular weight is 603 g/mol. The maximum absolute atomic E-state index is 14.2. The van der Waals surface area contributed by atoms with Gasteiger partial charge in [-0.3, -0.25) is 14.4 Å². The first kappa shape index (κ1) is 25.2. The van der Waals surface area contributed by atoms with Crippen LogP contribution < -0.4 is 16.2 Å². The molecule has 1 aliphatic heterocycles. The van der Waals surface area contributed by atoms with E-state index < -0.39 is 0 Å². The fourth-order valence-corrected chi connectivity index (χ4v) is 10.5. The first-order valence-corrected chi connectivity index (χ1v) is 15.5. The number of halogens is 2. The zero-order valence-corrected chi connectivity index (χ0v) is 24.6. The Bertz CT molecular complexity index is 1750. The molecule has 6 aliphatic carbocycles. The van der Waals surface area contributed by atoms with Gasteiger partial charge < -0.3 is 15.5 Å². The molecule has 10 rings (SSSR count). The van der Waals surface area contributed by atoms with Crippen LogP contribution in [0.1, 0.15) is 38.9 Å². The molecule has 2 amide bonds. The Morgan fingerprint density at radius 1 is 0.976 bits per heavy atom. The number of hydrogen-bond acceptors (Lipinski definition) is 5. The monoisotopic (exact) mass is 601 g/mol. The average Bonchev–Trinajstić information content (AvgIpc) is 3.01. The first-order valence-electron chi connectivity index (χ1n) is 14.7. The molecule has 2 aromatic carbocycles.